The van der Waals surface area contributed by atoms with Crippen LogP contribution in [0.1, 0.15) is 11.1 Å². The van der Waals surface area contributed by atoms with Crippen LogP contribution in [-0.2, 0) is 10.5 Å². The van der Waals surface area contributed by atoms with Crippen molar-refractivity contribution in [2.75, 3.05) is 11.1 Å². The topological polar surface area (TPSA) is 53.2 Å². The van der Waals surface area contributed by atoms with Crippen LogP contribution in [0.25, 0.3) is 0 Å². The molecule has 0 saturated heterocycles. The summed E-state index contributed by atoms with van der Waals surface area (Å²) in [4.78, 5) is 11.8. The van der Waals surface area contributed by atoms with Gasteiger partial charge in [-0.2, -0.15) is 0 Å². The van der Waals surface area contributed by atoms with Crippen LogP contribution in [-0.4, -0.2) is 16.8 Å². The number of carbonyl (C=O) groups excluding carboxylic acids is 1. The van der Waals surface area contributed by atoms with E-state index in [9.17, 15) is 4.79 Å². The number of hydrogen-bond donors (Lipinski definition) is 3. The van der Waals surface area contributed by atoms with Gasteiger partial charge in [-0.25, -0.2) is 0 Å². The first-order valence-corrected chi connectivity index (χ1v) is 8.74. The molecular formula is C17H19N3OS2. The van der Waals surface area contributed by atoms with Gasteiger partial charge >= 0.3 is 0 Å². The molecule has 0 radical (unpaired) electrons. The van der Waals surface area contributed by atoms with Gasteiger partial charge in [0, 0.05) is 11.4 Å². The summed E-state index contributed by atoms with van der Waals surface area (Å²) in [5.41, 5.74) is 8.51. The van der Waals surface area contributed by atoms with Crippen LogP contribution in [0, 0.1) is 6.92 Å². The van der Waals surface area contributed by atoms with Gasteiger partial charge in [0.25, 0.3) is 0 Å². The molecule has 0 heterocycles. The molecule has 6 heteroatoms. The average Bonchev–Trinajstić information content (AvgIpc) is 2.56. The first kappa shape index (κ1) is 17.3. The highest BCUT2D eigenvalue weighted by molar-refractivity contribution is 7.99. The maximum absolute atomic E-state index is 11.8. The highest BCUT2D eigenvalue weighted by atomic mass is 32.2. The summed E-state index contributed by atoms with van der Waals surface area (Å²) in [6, 6.07) is 17.9. The van der Waals surface area contributed by atoms with Gasteiger partial charge in [-0.1, -0.05) is 48.5 Å². The molecule has 120 valence electrons. The Balaban J connectivity index is 1.66. The van der Waals surface area contributed by atoms with Gasteiger partial charge in [0.2, 0.25) is 5.91 Å². The third-order valence-electron chi connectivity index (χ3n) is 3.05. The van der Waals surface area contributed by atoms with E-state index in [1.807, 2.05) is 61.5 Å². The number of anilines is 1. The number of aryl methyl sites for hydroxylation is 1. The Morgan fingerprint density at radius 1 is 1.04 bits per heavy atom. The smallest absolute Gasteiger partial charge is 0.248 e. The normalized spacial score (nSPS) is 9.96. The van der Waals surface area contributed by atoms with E-state index in [0.29, 0.717) is 10.9 Å². The zero-order valence-electron chi connectivity index (χ0n) is 12.8. The van der Waals surface area contributed by atoms with E-state index in [2.05, 4.69) is 16.2 Å². The Morgan fingerprint density at radius 2 is 1.74 bits per heavy atom. The number of hydrogen-bond acceptors (Lipinski definition) is 3. The number of carbonyl (C=O) groups is 1. The van der Waals surface area contributed by atoms with E-state index < -0.39 is 0 Å². The number of thioether (sulfide) groups is 1. The number of rotatable bonds is 5. The molecule has 2 aromatic carbocycles. The van der Waals surface area contributed by atoms with E-state index in [0.717, 1.165) is 17.0 Å². The standard InChI is InChI=1S/C17H19N3OS2/c1-13-7-5-6-10-15(13)18-17(22)20-19-16(21)12-23-11-14-8-3-2-4-9-14/h2-10H,11-12H2,1H3,(H,19,21)(H2,18,20,22). The van der Waals surface area contributed by atoms with Crippen LogP contribution < -0.4 is 16.2 Å². The molecule has 1 amide bonds. The fourth-order valence-corrected chi connectivity index (χ4v) is 2.81. The van der Waals surface area contributed by atoms with Crippen molar-refractivity contribution >= 4 is 40.7 Å². The SMILES string of the molecule is Cc1ccccc1NC(=S)NNC(=O)CSCc1ccccc1. The molecule has 0 atom stereocenters. The molecule has 0 bridgehead atoms. The van der Waals surface area contributed by atoms with Crippen molar-refractivity contribution in [3.8, 4) is 0 Å². The second-order valence-corrected chi connectivity index (χ2v) is 6.31. The summed E-state index contributed by atoms with van der Waals surface area (Å²) in [5.74, 6) is 1.06. The van der Waals surface area contributed by atoms with Crippen molar-refractivity contribution in [1.82, 2.24) is 10.9 Å². The Hall–Kier alpha value is -2.05. The maximum Gasteiger partial charge on any atom is 0.248 e. The predicted octanol–water partition coefficient (Wildman–Crippen LogP) is 3.25. The lowest BCUT2D eigenvalue weighted by Gasteiger charge is -2.13. The molecule has 2 aromatic rings. The minimum atomic E-state index is -0.111. The molecule has 0 aliphatic carbocycles. The van der Waals surface area contributed by atoms with Gasteiger partial charge in [0.05, 0.1) is 5.75 Å². The molecule has 0 aromatic heterocycles. The van der Waals surface area contributed by atoms with Gasteiger partial charge in [0.1, 0.15) is 0 Å². The number of thiocarbonyl (C=S) groups is 1. The lowest BCUT2D eigenvalue weighted by molar-refractivity contribution is -0.119. The monoisotopic (exact) mass is 345 g/mol. The third kappa shape index (κ3) is 6.30. The number of hydrazine groups is 1. The molecule has 0 unspecified atom stereocenters. The van der Waals surface area contributed by atoms with Gasteiger partial charge in [-0.05, 0) is 36.3 Å². The number of benzene rings is 2. The van der Waals surface area contributed by atoms with Crippen LogP contribution in [0.2, 0.25) is 0 Å². The minimum Gasteiger partial charge on any atom is -0.331 e. The van der Waals surface area contributed by atoms with E-state index in [4.69, 9.17) is 12.2 Å². The van der Waals surface area contributed by atoms with E-state index >= 15 is 0 Å². The molecule has 3 N–H and O–H groups in total. The largest absolute Gasteiger partial charge is 0.331 e. The highest BCUT2D eigenvalue weighted by Crippen LogP contribution is 2.13. The van der Waals surface area contributed by atoms with Gasteiger partial charge < -0.3 is 5.32 Å². The Labute approximate surface area is 146 Å². The molecule has 0 spiro atoms. The molecule has 0 aliphatic rings. The van der Waals surface area contributed by atoms with Crippen molar-refractivity contribution in [3.05, 3.63) is 65.7 Å². The van der Waals surface area contributed by atoms with Crippen molar-refractivity contribution in [1.29, 1.82) is 0 Å². The predicted molar refractivity (Wildman–Crippen MR) is 101 cm³/mol. The molecule has 0 saturated carbocycles. The van der Waals surface area contributed by atoms with E-state index in [-0.39, 0.29) is 5.91 Å². The Bertz CT molecular complexity index is 662. The first-order chi connectivity index (χ1) is 11.1. The van der Waals surface area contributed by atoms with Crippen LogP contribution in [0.5, 0.6) is 0 Å². The summed E-state index contributed by atoms with van der Waals surface area (Å²) in [6.07, 6.45) is 0. The fourth-order valence-electron chi connectivity index (χ4n) is 1.87. The summed E-state index contributed by atoms with van der Waals surface area (Å²) in [7, 11) is 0. The third-order valence-corrected chi connectivity index (χ3v) is 4.26. The average molecular weight is 345 g/mol. The van der Waals surface area contributed by atoms with Crippen LogP contribution in [0.15, 0.2) is 54.6 Å². The molecule has 2 rings (SSSR count). The van der Waals surface area contributed by atoms with Gasteiger partial charge in [-0.3, -0.25) is 15.6 Å². The van der Waals surface area contributed by atoms with Crippen LogP contribution >= 0.6 is 24.0 Å². The molecule has 0 fully saturated rings. The second-order valence-electron chi connectivity index (χ2n) is 4.92. The highest BCUT2D eigenvalue weighted by Gasteiger charge is 2.04. The summed E-state index contributed by atoms with van der Waals surface area (Å²) in [6.45, 7) is 1.99. The summed E-state index contributed by atoms with van der Waals surface area (Å²) in [5, 5.41) is 3.41. The molecule has 0 aliphatic heterocycles. The zero-order chi connectivity index (χ0) is 16.5. The van der Waals surface area contributed by atoms with E-state index in [1.165, 1.54) is 5.56 Å². The number of amides is 1. The van der Waals surface area contributed by atoms with Crippen LogP contribution in [0.4, 0.5) is 5.69 Å². The van der Waals surface area contributed by atoms with E-state index in [1.54, 1.807) is 11.8 Å². The summed E-state index contributed by atoms with van der Waals surface area (Å²) >= 11 is 6.72. The number of para-hydroxylation sites is 1. The quantitative estimate of drug-likeness (QED) is 0.574. The Kier molecular flexibility index (Phi) is 6.90. The van der Waals surface area contributed by atoms with Crippen molar-refractivity contribution in [2.24, 2.45) is 0 Å². The Morgan fingerprint density at radius 3 is 2.48 bits per heavy atom. The minimum absolute atomic E-state index is 0.111. The lowest BCUT2D eigenvalue weighted by Crippen LogP contribution is -2.44. The van der Waals surface area contributed by atoms with Crippen LogP contribution in [0.3, 0.4) is 0 Å². The summed E-state index contributed by atoms with van der Waals surface area (Å²) < 4.78 is 0. The van der Waals surface area contributed by atoms with Gasteiger partial charge in [-0.15, -0.1) is 11.8 Å². The molecule has 4 nitrogen and oxygen atoms in total. The maximum atomic E-state index is 11.8. The fraction of sp³-hybridized carbons (Fsp3) is 0.176. The van der Waals surface area contributed by atoms with Gasteiger partial charge in [0.15, 0.2) is 5.11 Å². The first-order valence-electron chi connectivity index (χ1n) is 7.18. The zero-order valence-corrected chi connectivity index (χ0v) is 14.5. The van der Waals surface area contributed by atoms with Crippen molar-refractivity contribution in [2.45, 2.75) is 12.7 Å². The van der Waals surface area contributed by atoms with Crippen molar-refractivity contribution < 1.29 is 4.79 Å². The number of nitrogens with one attached hydrogen (secondary N) is 3. The molecular weight excluding hydrogens is 326 g/mol. The second kappa shape index (κ2) is 9.17. The van der Waals surface area contributed by atoms with Crippen molar-refractivity contribution in [3.63, 3.8) is 0 Å². The molecule has 23 heavy (non-hydrogen) atoms. The lowest BCUT2D eigenvalue weighted by atomic mass is 10.2.